The van der Waals surface area contributed by atoms with E-state index in [0.29, 0.717) is 13.0 Å². The van der Waals surface area contributed by atoms with Crippen LogP contribution in [0.5, 0.6) is 5.75 Å². The zero-order valence-electron chi connectivity index (χ0n) is 7.91. The van der Waals surface area contributed by atoms with Crippen molar-refractivity contribution < 1.29 is 9.53 Å². The number of nitrogens with zero attached hydrogens (tertiary/aromatic N) is 1. The van der Waals surface area contributed by atoms with Crippen LogP contribution in [0.2, 0.25) is 0 Å². The zero-order valence-corrected chi connectivity index (χ0v) is 7.91. The second-order valence-electron chi connectivity index (χ2n) is 2.79. The summed E-state index contributed by atoms with van der Waals surface area (Å²) in [5.41, 5.74) is 0.762. The normalized spacial score (nSPS) is 9.69. The van der Waals surface area contributed by atoms with Crippen LogP contribution < -0.4 is 4.74 Å². The summed E-state index contributed by atoms with van der Waals surface area (Å²) in [4.78, 5) is 14.9. The highest BCUT2D eigenvalue weighted by Crippen LogP contribution is 2.11. The summed E-state index contributed by atoms with van der Waals surface area (Å²) in [6.07, 6.45) is 2.03. The number of carbonyl (C=O) groups is 1. The number of rotatable bonds is 4. The molecule has 3 nitrogen and oxygen atoms in total. The Morgan fingerprint density at radius 2 is 2.38 bits per heavy atom. The predicted octanol–water partition coefficient (Wildman–Crippen LogP) is 1.61. The Bertz CT molecular complexity index is 297. The summed E-state index contributed by atoms with van der Waals surface area (Å²) in [5.74, 6) is 0.884. The first kappa shape index (κ1) is 9.71. The molecule has 0 fully saturated rings. The van der Waals surface area contributed by atoms with Gasteiger partial charge in [0.2, 0.25) is 0 Å². The van der Waals surface area contributed by atoms with Gasteiger partial charge in [0.15, 0.2) is 0 Å². The summed E-state index contributed by atoms with van der Waals surface area (Å²) in [6.45, 7) is 4.10. The first-order chi connectivity index (χ1) is 6.22. The van der Waals surface area contributed by atoms with Gasteiger partial charge in [0.1, 0.15) is 11.5 Å². The van der Waals surface area contributed by atoms with Gasteiger partial charge in [-0.2, -0.15) is 0 Å². The molecule has 0 aliphatic carbocycles. The van der Waals surface area contributed by atoms with Gasteiger partial charge in [-0.1, -0.05) is 0 Å². The van der Waals surface area contributed by atoms with E-state index >= 15 is 0 Å². The maximum absolute atomic E-state index is 10.8. The molecule has 70 valence electrons. The summed E-state index contributed by atoms with van der Waals surface area (Å²) in [7, 11) is 0. The summed E-state index contributed by atoms with van der Waals surface area (Å²) in [5, 5.41) is 0. The van der Waals surface area contributed by atoms with Gasteiger partial charge in [0, 0.05) is 18.7 Å². The summed E-state index contributed by atoms with van der Waals surface area (Å²) in [6, 6.07) is 3.58. The molecule has 0 unspecified atom stereocenters. The number of hydrogen-bond acceptors (Lipinski definition) is 3. The highest BCUT2D eigenvalue weighted by Gasteiger charge is 2.00. The quantitative estimate of drug-likeness (QED) is 0.705. The van der Waals surface area contributed by atoms with Crippen LogP contribution in [0.15, 0.2) is 18.3 Å². The molecule has 0 aromatic carbocycles. The lowest BCUT2D eigenvalue weighted by molar-refractivity contribution is -0.116. The Morgan fingerprint density at radius 3 is 3.00 bits per heavy atom. The maximum Gasteiger partial charge on any atom is 0.135 e. The minimum atomic E-state index is 0.112. The highest BCUT2D eigenvalue weighted by molar-refractivity contribution is 5.77. The third-order valence-corrected chi connectivity index (χ3v) is 1.53. The minimum absolute atomic E-state index is 0.112. The van der Waals surface area contributed by atoms with E-state index in [4.69, 9.17) is 4.74 Å². The molecule has 0 atom stereocenters. The van der Waals surface area contributed by atoms with Gasteiger partial charge >= 0.3 is 0 Å². The molecular formula is C10H13NO2. The van der Waals surface area contributed by atoms with E-state index in [1.54, 1.807) is 25.3 Å². The molecule has 0 bridgehead atoms. The van der Waals surface area contributed by atoms with Crippen LogP contribution in [0.1, 0.15) is 19.5 Å². The molecule has 1 aromatic rings. The first-order valence-corrected chi connectivity index (χ1v) is 4.29. The van der Waals surface area contributed by atoms with Crippen LogP contribution in [-0.4, -0.2) is 17.4 Å². The van der Waals surface area contributed by atoms with E-state index < -0.39 is 0 Å². The van der Waals surface area contributed by atoms with Gasteiger partial charge in [-0.3, -0.25) is 9.78 Å². The molecule has 0 aliphatic heterocycles. The van der Waals surface area contributed by atoms with Gasteiger partial charge in [-0.05, 0) is 19.9 Å². The van der Waals surface area contributed by atoms with Gasteiger partial charge < -0.3 is 4.74 Å². The third kappa shape index (κ3) is 3.23. The SMILES string of the molecule is CCOc1ccnc(CC(C)=O)c1. The van der Waals surface area contributed by atoms with Gasteiger partial charge in [-0.25, -0.2) is 0 Å². The Labute approximate surface area is 77.8 Å². The Hall–Kier alpha value is -1.38. The molecule has 0 radical (unpaired) electrons. The monoisotopic (exact) mass is 179 g/mol. The van der Waals surface area contributed by atoms with Crippen molar-refractivity contribution in [2.24, 2.45) is 0 Å². The molecule has 3 heteroatoms. The van der Waals surface area contributed by atoms with Crippen molar-refractivity contribution in [3.63, 3.8) is 0 Å². The van der Waals surface area contributed by atoms with Crippen LogP contribution in [0, 0.1) is 0 Å². The van der Waals surface area contributed by atoms with Gasteiger partial charge in [-0.15, -0.1) is 0 Å². The number of ketones is 1. The van der Waals surface area contributed by atoms with E-state index in [0.717, 1.165) is 11.4 Å². The van der Waals surface area contributed by atoms with Crippen molar-refractivity contribution >= 4 is 5.78 Å². The number of hydrogen-bond donors (Lipinski definition) is 0. The van der Waals surface area contributed by atoms with E-state index in [2.05, 4.69) is 4.98 Å². The van der Waals surface area contributed by atoms with Crippen LogP contribution in [-0.2, 0) is 11.2 Å². The van der Waals surface area contributed by atoms with E-state index in [1.165, 1.54) is 0 Å². The highest BCUT2D eigenvalue weighted by atomic mass is 16.5. The average molecular weight is 179 g/mol. The fourth-order valence-electron chi connectivity index (χ4n) is 1.06. The lowest BCUT2D eigenvalue weighted by atomic mass is 10.2. The van der Waals surface area contributed by atoms with Crippen LogP contribution in [0.3, 0.4) is 0 Å². The Kier molecular flexibility index (Phi) is 3.43. The van der Waals surface area contributed by atoms with E-state index in [9.17, 15) is 4.79 Å². The average Bonchev–Trinajstić information content (AvgIpc) is 2.04. The van der Waals surface area contributed by atoms with Crippen molar-refractivity contribution in [3.8, 4) is 5.75 Å². The smallest absolute Gasteiger partial charge is 0.135 e. The minimum Gasteiger partial charge on any atom is -0.494 e. The molecule has 0 aliphatic rings. The molecule has 0 amide bonds. The third-order valence-electron chi connectivity index (χ3n) is 1.53. The number of aromatic nitrogens is 1. The van der Waals surface area contributed by atoms with Gasteiger partial charge in [0.25, 0.3) is 0 Å². The summed E-state index contributed by atoms with van der Waals surface area (Å²) < 4.78 is 5.28. The van der Waals surface area contributed by atoms with Crippen molar-refractivity contribution in [1.82, 2.24) is 4.98 Å². The maximum atomic E-state index is 10.8. The standard InChI is InChI=1S/C10H13NO2/c1-3-13-10-4-5-11-9(7-10)6-8(2)12/h4-5,7H,3,6H2,1-2H3. The molecule has 0 saturated carbocycles. The molecule has 1 heterocycles. The Balaban J connectivity index is 2.73. The molecule has 0 spiro atoms. The molecule has 13 heavy (non-hydrogen) atoms. The lowest BCUT2D eigenvalue weighted by Crippen LogP contribution is -2.00. The van der Waals surface area contributed by atoms with Crippen molar-refractivity contribution in [3.05, 3.63) is 24.0 Å². The van der Waals surface area contributed by atoms with Crippen molar-refractivity contribution in [2.45, 2.75) is 20.3 Å². The second kappa shape index (κ2) is 4.60. The summed E-state index contributed by atoms with van der Waals surface area (Å²) >= 11 is 0. The largest absolute Gasteiger partial charge is 0.494 e. The topological polar surface area (TPSA) is 39.2 Å². The number of Topliss-reactive ketones (excluding diaryl/α,β-unsaturated/α-hetero) is 1. The number of pyridine rings is 1. The fraction of sp³-hybridized carbons (Fsp3) is 0.400. The zero-order chi connectivity index (χ0) is 9.68. The lowest BCUT2D eigenvalue weighted by Gasteiger charge is -2.03. The van der Waals surface area contributed by atoms with E-state index in [-0.39, 0.29) is 5.78 Å². The predicted molar refractivity (Wildman–Crippen MR) is 49.8 cm³/mol. The Morgan fingerprint density at radius 1 is 1.62 bits per heavy atom. The van der Waals surface area contributed by atoms with E-state index in [1.807, 2.05) is 6.92 Å². The second-order valence-corrected chi connectivity index (χ2v) is 2.79. The molecule has 1 aromatic heterocycles. The van der Waals surface area contributed by atoms with Crippen molar-refractivity contribution in [2.75, 3.05) is 6.61 Å². The van der Waals surface area contributed by atoms with Gasteiger partial charge in [0.05, 0.1) is 12.3 Å². The molecule has 1 rings (SSSR count). The number of carbonyl (C=O) groups excluding carboxylic acids is 1. The molecule has 0 N–H and O–H groups in total. The van der Waals surface area contributed by atoms with Crippen LogP contribution in [0.4, 0.5) is 0 Å². The number of ether oxygens (including phenoxy) is 1. The van der Waals surface area contributed by atoms with Crippen molar-refractivity contribution in [1.29, 1.82) is 0 Å². The van der Waals surface area contributed by atoms with Crippen LogP contribution in [0.25, 0.3) is 0 Å². The molecule has 0 saturated heterocycles. The fourth-order valence-corrected chi connectivity index (χ4v) is 1.06. The van der Waals surface area contributed by atoms with Crippen LogP contribution >= 0.6 is 0 Å². The first-order valence-electron chi connectivity index (χ1n) is 4.29. The molecular weight excluding hydrogens is 166 g/mol.